The number of nitriles is 2. The van der Waals surface area contributed by atoms with Crippen molar-refractivity contribution in [1.82, 2.24) is 0 Å². The molecule has 4 heteroatoms. The zero-order valence-corrected chi connectivity index (χ0v) is 23.9. The topological polar surface area (TPSA) is 47.6 Å². The maximum atomic E-state index is 10.1. The summed E-state index contributed by atoms with van der Waals surface area (Å²) in [6, 6.07) is 46.7. The second kappa shape index (κ2) is 9.68. The largest absolute Gasteiger partial charge is 0.192 e. The summed E-state index contributed by atoms with van der Waals surface area (Å²) >= 11 is 3.57. The van der Waals surface area contributed by atoms with E-state index in [1.807, 2.05) is 47.7 Å². The highest BCUT2D eigenvalue weighted by Crippen LogP contribution is 2.46. The summed E-state index contributed by atoms with van der Waals surface area (Å²) in [4.78, 5) is 0. The van der Waals surface area contributed by atoms with Gasteiger partial charge in [0.15, 0.2) is 0 Å². The molecule has 0 atom stereocenters. The van der Waals surface area contributed by atoms with Crippen LogP contribution in [0.5, 0.6) is 0 Å². The van der Waals surface area contributed by atoms with Crippen molar-refractivity contribution >= 4 is 63.0 Å². The highest BCUT2D eigenvalue weighted by molar-refractivity contribution is 7.26. The van der Waals surface area contributed by atoms with E-state index in [0.29, 0.717) is 11.1 Å². The SMILES string of the molecule is N#Cc1ccc2sc3c(-c4ccc(-c5cccc6sc7ccccc7c56)c(-c5ccccc5C#N)c4)cccc3c2c1. The predicted octanol–water partition coefficient (Wildman–Crippen LogP) is 11.2. The smallest absolute Gasteiger partial charge is 0.0998 e. The Kier molecular flexibility index (Phi) is 5.66. The molecule has 8 rings (SSSR count). The molecular weight excluding hydrogens is 549 g/mol. The molecule has 194 valence electrons. The summed E-state index contributed by atoms with van der Waals surface area (Å²) in [5.74, 6) is 0. The summed E-state index contributed by atoms with van der Waals surface area (Å²) in [5.41, 5.74) is 7.81. The third-order valence-electron chi connectivity index (χ3n) is 7.99. The van der Waals surface area contributed by atoms with Crippen molar-refractivity contribution in [3.63, 3.8) is 0 Å². The normalized spacial score (nSPS) is 11.3. The minimum Gasteiger partial charge on any atom is -0.192 e. The third kappa shape index (κ3) is 3.75. The molecule has 2 aromatic heterocycles. The van der Waals surface area contributed by atoms with E-state index >= 15 is 0 Å². The molecule has 8 aromatic rings. The van der Waals surface area contributed by atoms with Crippen LogP contribution in [0.15, 0.2) is 121 Å². The monoisotopic (exact) mass is 568 g/mol. The quantitative estimate of drug-likeness (QED) is 0.213. The van der Waals surface area contributed by atoms with Gasteiger partial charge < -0.3 is 0 Å². The minimum atomic E-state index is 0.655. The molecule has 0 aliphatic heterocycles. The highest BCUT2D eigenvalue weighted by Gasteiger charge is 2.18. The maximum Gasteiger partial charge on any atom is 0.0998 e. The fourth-order valence-corrected chi connectivity index (χ4v) is 8.43. The molecule has 0 radical (unpaired) electrons. The van der Waals surface area contributed by atoms with Crippen LogP contribution in [-0.2, 0) is 0 Å². The van der Waals surface area contributed by atoms with E-state index in [4.69, 9.17) is 0 Å². The van der Waals surface area contributed by atoms with Crippen LogP contribution < -0.4 is 0 Å². The number of fused-ring (bicyclic) bond motifs is 6. The Hall–Kier alpha value is -5.26. The Morgan fingerprint density at radius 3 is 2.10 bits per heavy atom. The van der Waals surface area contributed by atoms with Crippen LogP contribution in [0.3, 0.4) is 0 Å². The van der Waals surface area contributed by atoms with Gasteiger partial charge in [0, 0.05) is 45.9 Å². The number of rotatable bonds is 3. The van der Waals surface area contributed by atoms with Crippen LogP contribution in [0.2, 0.25) is 0 Å². The minimum absolute atomic E-state index is 0.655. The number of benzene rings is 6. The first-order valence-electron chi connectivity index (χ1n) is 13.6. The number of thiophene rings is 2. The molecule has 0 saturated carbocycles. The maximum absolute atomic E-state index is 10.1. The first-order chi connectivity index (χ1) is 20.7. The van der Waals surface area contributed by atoms with Gasteiger partial charge in [0.1, 0.15) is 0 Å². The summed E-state index contributed by atoms with van der Waals surface area (Å²) in [6.07, 6.45) is 0. The number of nitrogens with zero attached hydrogens (tertiary/aromatic N) is 2. The van der Waals surface area contributed by atoms with Crippen molar-refractivity contribution in [3.05, 3.63) is 132 Å². The number of hydrogen-bond acceptors (Lipinski definition) is 4. The zero-order valence-electron chi connectivity index (χ0n) is 22.3. The van der Waals surface area contributed by atoms with Gasteiger partial charge in [-0.05, 0) is 70.3 Å². The first kappa shape index (κ1) is 24.5. The van der Waals surface area contributed by atoms with Crippen molar-refractivity contribution in [2.24, 2.45) is 0 Å². The molecule has 0 saturated heterocycles. The van der Waals surface area contributed by atoms with Gasteiger partial charge in [0.05, 0.1) is 23.3 Å². The molecule has 0 amide bonds. The van der Waals surface area contributed by atoms with Gasteiger partial charge in [-0.1, -0.05) is 78.9 Å². The van der Waals surface area contributed by atoms with Gasteiger partial charge in [-0.25, -0.2) is 0 Å². The molecule has 6 aromatic carbocycles. The van der Waals surface area contributed by atoms with Gasteiger partial charge in [-0.15, -0.1) is 22.7 Å². The summed E-state index contributed by atoms with van der Waals surface area (Å²) in [6.45, 7) is 0. The molecule has 0 spiro atoms. The Balaban J connectivity index is 1.42. The second-order valence-electron chi connectivity index (χ2n) is 10.3. The Bertz CT molecular complexity index is 2450. The fourth-order valence-electron chi connectivity index (χ4n) is 6.08. The van der Waals surface area contributed by atoms with Crippen molar-refractivity contribution in [2.75, 3.05) is 0 Å². The van der Waals surface area contributed by atoms with Crippen molar-refractivity contribution < 1.29 is 0 Å². The lowest BCUT2D eigenvalue weighted by atomic mass is 9.87. The van der Waals surface area contributed by atoms with E-state index in [1.54, 1.807) is 11.3 Å². The summed E-state index contributed by atoms with van der Waals surface area (Å²) in [7, 11) is 0. The molecule has 0 unspecified atom stereocenters. The van der Waals surface area contributed by atoms with Gasteiger partial charge in [0.25, 0.3) is 0 Å². The van der Waals surface area contributed by atoms with Crippen LogP contribution in [0, 0.1) is 22.7 Å². The number of hydrogen-bond donors (Lipinski definition) is 0. The molecule has 2 heterocycles. The van der Waals surface area contributed by atoms with E-state index in [2.05, 4.69) is 97.1 Å². The molecule has 0 fully saturated rings. The molecule has 2 nitrogen and oxygen atoms in total. The molecular formula is C38H20N2S2. The van der Waals surface area contributed by atoms with Crippen LogP contribution in [-0.4, -0.2) is 0 Å². The highest BCUT2D eigenvalue weighted by atomic mass is 32.1. The summed E-state index contributed by atoms with van der Waals surface area (Å²) in [5, 5.41) is 24.4. The van der Waals surface area contributed by atoms with E-state index in [1.165, 1.54) is 35.1 Å². The van der Waals surface area contributed by atoms with Gasteiger partial charge >= 0.3 is 0 Å². The lowest BCUT2D eigenvalue weighted by Crippen LogP contribution is -1.91. The average Bonchev–Trinajstić information content (AvgIpc) is 3.62. The second-order valence-corrected chi connectivity index (χ2v) is 12.4. The van der Waals surface area contributed by atoms with E-state index in [9.17, 15) is 10.5 Å². The molecule has 0 aliphatic carbocycles. The van der Waals surface area contributed by atoms with Crippen LogP contribution in [0.25, 0.3) is 73.7 Å². The van der Waals surface area contributed by atoms with Crippen LogP contribution in [0.1, 0.15) is 11.1 Å². The van der Waals surface area contributed by atoms with Crippen molar-refractivity contribution in [3.8, 4) is 45.5 Å². The van der Waals surface area contributed by atoms with Crippen LogP contribution >= 0.6 is 22.7 Å². The lowest BCUT2D eigenvalue weighted by molar-refractivity contribution is 1.48. The standard InChI is InChI=1S/C38H20N2S2/c39-21-23-15-18-35-33(19-23)30-12-5-10-27(38(30)42-35)24-16-17-28(32(20-24)26-8-2-1-7-25(26)22-40)29-11-6-14-36-37(29)31-9-3-4-13-34(31)41-36/h1-20H. The van der Waals surface area contributed by atoms with Gasteiger partial charge in [-0.2, -0.15) is 10.5 Å². The average molecular weight is 569 g/mol. The Morgan fingerprint density at radius 1 is 0.452 bits per heavy atom. The van der Waals surface area contributed by atoms with Crippen molar-refractivity contribution in [1.29, 1.82) is 10.5 Å². The van der Waals surface area contributed by atoms with Gasteiger partial charge in [-0.3, -0.25) is 0 Å². The Morgan fingerprint density at radius 2 is 1.19 bits per heavy atom. The molecule has 0 aliphatic rings. The Labute approximate surface area is 250 Å². The third-order valence-corrected chi connectivity index (χ3v) is 10.3. The fraction of sp³-hybridized carbons (Fsp3) is 0. The lowest BCUT2D eigenvalue weighted by Gasteiger charge is -2.16. The van der Waals surface area contributed by atoms with E-state index in [0.717, 1.165) is 38.6 Å². The summed E-state index contributed by atoms with van der Waals surface area (Å²) < 4.78 is 4.88. The van der Waals surface area contributed by atoms with E-state index in [-0.39, 0.29) is 0 Å². The molecule has 42 heavy (non-hydrogen) atoms. The molecule has 0 N–H and O–H groups in total. The van der Waals surface area contributed by atoms with Gasteiger partial charge in [0.2, 0.25) is 0 Å². The predicted molar refractivity (Wildman–Crippen MR) is 178 cm³/mol. The first-order valence-corrected chi connectivity index (χ1v) is 15.3. The molecule has 0 bridgehead atoms. The van der Waals surface area contributed by atoms with Crippen LogP contribution in [0.4, 0.5) is 0 Å². The zero-order chi connectivity index (χ0) is 28.2. The van der Waals surface area contributed by atoms with Crippen molar-refractivity contribution in [2.45, 2.75) is 0 Å². The van der Waals surface area contributed by atoms with E-state index < -0.39 is 0 Å².